The van der Waals surface area contributed by atoms with Gasteiger partial charge in [0.1, 0.15) is 5.75 Å². The zero-order valence-electron chi connectivity index (χ0n) is 12.1. The van der Waals surface area contributed by atoms with Crippen LogP contribution in [0.4, 0.5) is 5.69 Å². The van der Waals surface area contributed by atoms with Crippen LogP contribution >= 0.6 is 11.8 Å². The van der Waals surface area contributed by atoms with Crippen molar-refractivity contribution in [1.82, 2.24) is 0 Å². The second-order valence-corrected chi connectivity index (χ2v) is 6.54. The van der Waals surface area contributed by atoms with Crippen molar-refractivity contribution in [1.29, 1.82) is 0 Å². The Morgan fingerprint density at radius 3 is 2.80 bits per heavy atom. The summed E-state index contributed by atoms with van der Waals surface area (Å²) in [7, 11) is 1.61. The van der Waals surface area contributed by atoms with Crippen LogP contribution in [-0.2, 0) is 4.79 Å². The van der Waals surface area contributed by atoms with Gasteiger partial charge in [-0.1, -0.05) is 31.4 Å². The summed E-state index contributed by atoms with van der Waals surface area (Å²) in [5.41, 5.74) is 0.752. The van der Waals surface area contributed by atoms with Crippen LogP contribution in [0, 0.1) is 0 Å². The number of thioether (sulfide) groups is 1. The molecule has 1 amide bonds. The first-order chi connectivity index (χ1) is 9.79. The van der Waals surface area contributed by atoms with E-state index in [4.69, 9.17) is 4.74 Å². The predicted molar refractivity (Wildman–Crippen MR) is 85.6 cm³/mol. The third-order valence-electron chi connectivity index (χ3n) is 3.62. The predicted octanol–water partition coefficient (Wildman–Crippen LogP) is 4.09. The summed E-state index contributed by atoms with van der Waals surface area (Å²) in [4.78, 5) is 11.9. The number of methoxy groups -OCH3 is 1. The topological polar surface area (TPSA) is 38.3 Å². The maximum Gasteiger partial charge on any atom is 0.225 e. The van der Waals surface area contributed by atoms with Crippen molar-refractivity contribution < 1.29 is 9.53 Å². The summed E-state index contributed by atoms with van der Waals surface area (Å²) < 4.78 is 5.23. The fourth-order valence-corrected chi connectivity index (χ4v) is 3.81. The molecule has 1 aromatic carbocycles. The van der Waals surface area contributed by atoms with Gasteiger partial charge in [-0.25, -0.2) is 0 Å². The number of amides is 1. The molecule has 1 aliphatic rings. The number of carbonyl (C=O) groups is 1. The van der Waals surface area contributed by atoms with Gasteiger partial charge in [0, 0.05) is 17.4 Å². The van der Waals surface area contributed by atoms with Gasteiger partial charge < -0.3 is 10.1 Å². The number of nitrogens with one attached hydrogen (secondary N) is 1. The maximum atomic E-state index is 11.9. The number of hydrogen-bond donors (Lipinski definition) is 1. The van der Waals surface area contributed by atoms with Gasteiger partial charge in [-0.3, -0.25) is 4.79 Å². The lowest BCUT2D eigenvalue weighted by Crippen LogP contribution is -2.15. The van der Waals surface area contributed by atoms with Crippen molar-refractivity contribution in [3.63, 3.8) is 0 Å². The molecule has 20 heavy (non-hydrogen) atoms. The van der Waals surface area contributed by atoms with Crippen molar-refractivity contribution in [3.05, 3.63) is 24.3 Å². The Hall–Kier alpha value is -1.16. The van der Waals surface area contributed by atoms with Gasteiger partial charge in [0.15, 0.2) is 0 Å². The first kappa shape index (κ1) is 15.2. The maximum absolute atomic E-state index is 11.9. The molecule has 0 aliphatic heterocycles. The Bertz CT molecular complexity index is 430. The quantitative estimate of drug-likeness (QED) is 0.858. The van der Waals surface area contributed by atoms with E-state index in [1.807, 2.05) is 36.0 Å². The van der Waals surface area contributed by atoms with E-state index in [-0.39, 0.29) is 5.91 Å². The molecule has 0 aromatic heterocycles. The lowest BCUT2D eigenvalue weighted by atomic mass is 10.0. The van der Waals surface area contributed by atoms with Crippen molar-refractivity contribution in [3.8, 4) is 5.75 Å². The number of carbonyl (C=O) groups excluding carboxylic acids is 1. The first-order valence-corrected chi connectivity index (χ1v) is 8.39. The van der Waals surface area contributed by atoms with Gasteiger partial charge in [0.05, 0.1) is 12.8 Å². The van der Waals surface area contributed by atoms with E-state index in [2.05, 4.69) is 5.32 Å². The number of rotatable bonds is 6. The van der Waals surface area contributed by atoms with Crippen LogP contribution in [0.2, 0.25) is 0 Å². The SMILES string of the molecule is COc1ccccc1NC(=O)CCSC1CCCCC1. The van der Waals surface area contributed by atoms with Crippen molar-refractivity contribution in [2.75, 3.05) is 18.2 Å². The van der Waals surface area contributed by atoms with Crippen LogP contribution in [0.25, 0.3) is 0 Å². The summed E-state index contributed by atoms with van der Waals surface area (Å²) in [5, 5.41) is 3.69. The standard InChI is InChI=1S/C16H23NO2S/c1-19-15-10-6-5-9-14(15)17-16(18)11-12-20-13-7-3-2-4-8-13/h5-6,9-10,13H,2-4,7-8,11-12H2,1H3,(H,17,18). The Morgan fingerprint density at radius 2 is 2.05 bits per heavy atom. The van der Waals surface area contributed by atoms with E-state index in [0.29, 0.717) is 12.2 Å². The molecule has 0 spiro atoms. The number of hydrogen-bond acceptors (Lipinski definition) is 3. The molecule has 1 fully saturated rings. The van der Waals surface area contributed by atoms with Crippen molar-refractivity contribution in [2.45, 2.75) is 43.8 Å². The summed E-state index contributed by atoms with van der Waals surface area (Å²) >= 11 is 1.95. The Labute approximate surface area is 125 Å². The van der Waals surface area contributed by atoms with Crippen molar-refractivity contribution >= 4 is 23.4 Å². The highest BCUT2D eigenvalue weighted by atomic mass is 32.2. The molecule has 3 nitrogen and oxygen atoms in total. The minimum absolute atomic E-state index is 0.0674. The number of para-hydroxylation sites is 2. The van der Waals surface area contributed by atoms with E-state index in [9.17, 15) is 4.79 Å². The molecule has 0 radical (unpaired) electrons. The van der Waals surface area contributed by atoms with Gasteiger partial charge in [0.2, 0.25) is 5.91 Å². The van der Waals surface area contributed by atoms with E-state index in [0.717, 1.165) is 16.7 Å². The zero-order chi connectivity index (χ0) is 14.2. The number of ether oxygens (including phenoxy) is 1. The van der Waals surface area contributed by atoms with Gasteiger partial charge in [0.25, 0.3) is 0 Å². The summed E-state index contributed by atoms with van der Waals surface area (Å²) in [6.07, 6.45) is 7.29. The molecule has 4 heteroatoms. The number of anilines is 1. The molecule has 1 aromatic rings. The second-order valence-electron chi connectivity index (χ2n) is 5.13. The largest absolute Gasteiger partial charge is 0.495 e. The van der Waals surface area contributed by atoms with Crippen LogP contribution in [0.5, 0.6) is 5.75 Å². The van der Waals surface area contributed by atoms with Gasteiger partial charge in [-0.15, -0.1) is 0 Å². The normalized spacial score (nSPS) is 15.8. The van der Waals surface area contributed by atoms with E-state index < -0.39 is 0 Å². The van der Waals surface area contributed by atoms with Gasteiger partial charge in [-0.2, -0.15) is 11.8 Å². The van der Waals surface area contributed by atoms with Crippen LogP contribution in [0.1, 0.15) is 38.5 Å². The van der Waals surface area contributed by atoms with Crippen LogP contribution in [0.3, 0.4) is 0 Å². The molecule has 110 valence electrons. The molecular weight excluding hydrogens is 270 g/mol. The van der Waals surface area contributed by atoms with Crippen LogP contribution < -0.4 is 10.1 Å². The van der Waals surface area contributed by atoms with E-state index in [1.54, 1.807) is 7.11 Å². The summed E-state index contributed by atoms with van der Waals surface area (Å²) in [5.74, 6) is 1.68. The van der Waals surface area contributed by atoms with Gasteiger partial charge >= 0.3 is 0 Å². The molecule has 2 rings (SSSR count). The Balaban J connectivity index is 1.72. The molecule has 1 saturated carbocycles. The molecule has 0 unspecified atom stereocenters. The monoisotopic (exact) mass is 293 g/mol. The van der Waals surface area contributed by atoms with E-state index in [1.165, 1.54) is 32.1 Å². The fourth-order valence-electron chi connectivity index (χ4n) is 2.51. The lowest BCUT2D eigenvalue weighted by Gasteiger charge is -2.20. The molecule has 1 N–H and O–H groups in total. The van der Waals surface area contributed by atoms with Crippen LogP contribution in [0.15, 0.2) is 24.3 Å². The fraction of sp³-hybridized carbons (Fsp3) is 0.562. The molecule has 1 aliphatic carbocycles. The summed E-state index contributed by atoms with van der Waals surface area (Å²) in [6, 6.07) is 7.51. The average Bonchev–Trinajstić information content (AvgIpc) is 2.49. The summed E-state index contributed by atoms with van der Waals surface area (Å²) in [6.45, 7) is 0. The number of benzene rings is 1. The molecule has 0 bridgehead atoms. The Kier molecular flexibility index (Phi) is 6.25. The molecule has 0 heterocycles. The lowest BCUT2D eigenvalue weighted by molar-refractivity contribution is -0.115. The second kappa shape index (κ2) is 8.20. The smallest absolute Gasteiger partial charge is 0.225 e. The highest BCUT2D eigenvalue weighted by Crippen LogP contribution is 2.29. The molecular formula is C16H23NO2S. The molecule has 0 atom stereocenters. The minimum atomic E-state index is 0.0674. The third kappa shape index (κ3) is 4.75. The first-order valence-electron chi connectivity index (χ1n) is 7.34. The highest BCUT2D eigenvalue weighted by Gasteiger charge is 2.14. The zero-order valence-corrected chi connectivity index (χ0v) is 12.9. The molecule has 0 saturated heterocycles. The third-order valence-corrected chi connectivity index (χ3v) is 5.00. The van der Waals surface area contributed by atoms with Crippen LogP contribution in [-0.4, -0.2) is 24.0 Å². The highest BCUT2D eigenvalue weighted by molar-refractivity contribution is 7.99. The minimum Gasteiger partial charge on any atom is -0.495 e. The average molecular weight is 293 g/mol. The van der Waals surface area contributed by atoms with E-state index >= 15 is 0 Å². The van der Waals surface area contributed by atoms with Crippen molar-refractivity contribution in [2.24, 2.45) is 0 Å². The van der Waals surface area contributed by atoms with Gasteiger partial charge in [-0.05, 0) is 25.0 Å². The Morgan fingerprint density at radius 1 is 1.30 bits per heavy atom.